The number of carbonyl (C=O) groups is 2. The van der Waals surface area contributed by atoms with Crippen LogP contribution in [0.5, 0.6) is 5.75 Å². The summed E-state index contributed by atoms with van der Waals surface area (Å²) in [5.41, 5.74) is 2.72. The quantitative estimate of drug-likeness (QED) is 0.709. The minimum atomic E-state index is -0.293. The predicted octanol–water partition coefficient (Wildman–Crippen LogP) is 2.83. The number of nitrogens with zero attached hydrogens (tertiary/aromatic N) is 3. The molecular formula is C26H31FN4O3. The number of hydrogen-bond donors (Lipinski definition) is 1. The Hall–Kier alpha value is -3.13. The van der Waals surface area contributed by atoms with E-state index in [0.717, 1.165) is 31.5 Å². The van der Waals surface area contributed by atoms with E-state index in [1.165, 1.54) is 6.07 Å². The Morgan fingerprint density at radius 1 is 1.09 bits per heavy atom. The number of likely N-dealkylation sites (N-methyl/N-ethyl adjacent to an activating group) is 1. The lowest BCUT2D eigenvalue weighted by Gasteiger charge is -2.30. The van der Waals surface area contributed by atoms with E-state index < -0.39 is 0 Å². The van der Waals surface area contributed by atoms with Gasteiger partial charge in [-0.2, -0.15) is 0 Å². The van der Waals surface area contributed by atoms with Crippen LogP contribution in [0, 0.1) is 5.82 Å². The standard InChI is InChI=1S/C26H31FN4O3/c1-29(2)20-10-11-30(15-20)24-7-4-19(14-23(24)27)31-12-9-17-13-21(5-6-22(17)26(31)33)34-16-18-3-8-25(32)28-18/h4-7,13-14,18,20H,3,8-12,15-16H2,1-2H3,(H,28,32)/t18-,20+/m0/s1. The number of ether oxygens (including phenoxy) is 1. The molecule has 0 saturated carbocycles. The van der Waals surface area contributed by atoms with Gasteiger partial charge >= 0.3 is 0 Å². The van der Waals surface area contributed by atoms with Crippen LogP contribution >= 0.6 is 0 Å². The second-order valence-corrected chi connectivity index (χ2v) is 9.63. The van der Waals surface area contributed by atoms with Gasteiger partial charge in [0.2, 0.25) is 5.91 Å². The molecule has 3 aliphatic heterocycles. The van der Waals surface area contributed by atoms with E-state index in [9.17, 15) is 9.59 Å². The van der Waals surface area contributed by atoms with Crippen molar-refractivity contribution in [2.45, 2.75) is 37.8 Å². The number of hydrogen-bond acceptors (Lipinski definition) is 5. The fraction of sp³-hybridized carbons (Fsp3) is 0.462. The van der Waals surface area contributed by atoms with Crippen molar-refractivity contribution in [3.8, 4) is 5.75 Å². The molecule has 2 amide bonds. The third kappa shape index (κ3) is 4.46. The zero-order valence-corrected chi connectivity index (χ0v) is 19.7. The molecule has 0 aliphatic carbocycles. The molecule has 1 N–H and O–H groups in total. The third-order valence-corrected chi connectivity index (χ3v) is 7.17. The number of amides is 2. The fourth-order valence-corrected chi connectivity index (χ4v) is 5.10. The molecule has 5 rings (SSSR count). The summed E-state index contributed by atoms with van der Waals surface area (Å²) in [7, 11) is 4.11. The van der Waals surface area contributed by atoms with Gasteiger partial charge in [-0.3, -0.25) is 9.59 Å². The van der Waals surface area contributed by atoms with Gasteiger partial charge < -0.3 is 24.8 Å². The van der Waals surface area contributed by atoms with Gasteiger partial charge in [0.25, 0.3) is 5.91 Å². The third-order valence-electron chi connectivity index (χ3n) is 7.17. The van der Waals surface area contributed by atoms with E-state index in [1.807, 2.05) is 12.1 Å². The molecule has 2 aromatic rings. The molecule has 3 heterocycles. The predicted molar refractivity (Wildman–Crippen MR) is 129 cm³/mol. The van der Waals surface area contributed by atoms with Crippen molar-refractivity contribution in [2.75, 3.05) is 50.1 Å². The van der Waals surface area contributed by atoms with E-state index in [1.54, 1.807) is 23.1 Å². The van der Waals surface area contributed by atoms with Crippen molar-refractivity contribution in [3.05, 3.63) is 53.3 Å². The molecule has 7 nitrogen and oxygen atoms in total. The first-order chi connectivity index (χ1) is 16.4. The summed E-state index contributed by atoms with van der Waals surface area (Å²) >= 11 is 0. The Labute approximate surface area is 199 Å². The van der Waals surface area contributed by atoms with Gasteiger partial charge in [-0.1, -0.05) is 0 Å². The van der Waals surface area contributed by atoms with E-state index in [-0.39, 0.29) is 23.7 Å². The SMILES string of the molecule is CN(C)[C@@H]1CCN(c2ccc(N3CCc4cc(OC[C@@H]5CCC(=O)N5)ccc4C3=O)cc2F)C1. The van der Waals surface area contributed by atoms with E-state index >= 15 is 4.39 Å². The van der Waals surface area contributed by atoms with E-state index in [2.05, 4.69) is 29.2 Å². The van der Waals surface area contributed by atoms with Gasteiger partial charge in [-0.25, -0.2) is 4.39 Å². The van der Waals surface area contributed by atoms with Gasteiger partial charge in [0.05, 0.1) is 11.7 Å². The first-order valence-electron chi connectivity index (χ1n) is 12.0. The fourth-order valence-electron chi connectivity index (χ4n) is 5.10. The second-order valence-electron chi connectivity index (χ2n) is 9.63. The molecule has 0 bridgehead atoms. The number of rotatable bonds is 6. The summed E-state index contributed by atoms with van der Waals surface area (Å²) in [6.45, 7) is 2.53. The average molecular weight is 467 g/mol. The summed E-state index contributed by atoms with van der Waals surface area (Å²) < 4.78 is 20.9. The number of carbonyl (C=O) groups excluding carboxylic acids is 2. The lowest BCUT2D eigenvalue weighted by Crippen LogP contribution is -2.37. The first kappa shape index (κ1) is 22.7. The Morgan fingerprint density at radius 3 is 2.65 bits per heavy atom. The Morgan fingerprint density at radius 2 is 1.94 bits per heavy atom. The molecule has 2 saturated heterocycles. The van der Waals surface area contributed by atoms with Crippen molar-refractivity contribution >= 4 is 23.2 Å². The monoisotopic (exact) mass is 466 g/mol. The molecule has 0 spiro atoms. The molecule has 0 unspecified atom stereocenters. The molecule has 2 atom stereocenters. The number of fused-ring (bicyclic) bond motifs is 1. The Kier molecular flexibility index (Phi) is 6.16. The number of halogens is 1. The molecule has 2 aromatic carbocycles. The first-order valence-corrected chi connectivity index (χ1v) is 12.0. The molecule has 8 heteroatoms. The topological polar surface area (TPSA) is 65.1 Å². The van der Waals surface area contributed by atoms with Crippen molar-refractivity contribution in [3.63, 3.8) is 0 Å². The highest BCUT2D eigenvalue weighted by Crippen LogP contribution is 2.32. The highest BCUT2D eigenvalue weighted by Gasteiger charge is 2.29. The lowest BCUT2D eigenvalue weighted by atomic mass is 9.98. The zero-order chi connectivity index (χ0) is 23.8. The summed E-state index contributed by atoms with van der Waals surface area (Å²) in [6, 6.07) is 11.0. The number of benzene rings is 2. The van der Waals surface area contributed by atoms with Crippen molar-refractivity contribution < 1.29 is 18.7 Å². The number of anilines is 2. The van der Waals surface area contributed by atoms with Crippen LogP contribution in [-0.4, -0.2) is 69.1 Å². The van der Waals surface area contributed by atoms with E-state index in [4.69, 9.17) is 4.74 Å². The molecule has 34 heavy (non-hydrogen) atoms. The molecule has 2 fully saturated rings. The highest BCUT2D eigenvalue weighted by molar-refractivity contribution is 6.08. The van der Waals surface area contributed by atoms with Crippen molar-refractivity contribution in [1.29, 1.82) is 0 Å². The van der Waals surface area contributed by atoms with Crippen LogP contribution in [0.4, 0.5) is 15.8 Å². The van der Waals surface area contributed by atoms with Crippen molar-refractivity contribution in [1.82, 2.24) is 10.2 Å². The summed E-state index contributed by atoms with van der Waals surface area (Å²) in [5, 5.41) is 2.89. The molecule has 0 aromatic heterocycles. The van der Waals surface area contributed by atoms with Crippen LogP contribution in [0.2, 0.25) is 0 Å². The van der Waals surface area contributed by atoms with E-state index in [0.29, 0.717) is 54.7 Å². The van der Waals surface area contributed by atoms with Crippen LogP contribution in [-0.2, 0) is 11.2 Å². The Balaban J connectivity index is 1.26. The number of nitrogens with one attached hydrogen (secondary N) is 1. The van der Waals surface area contributed by atoms with Gasteiger partial charge in [-0.05, 0) is 75.3 Å². The van der Waals surface area contributed by atoms with Gasteiger partial charge in [0.15, 0.2) is 0 Å². The average Bonchev–Trinajstić information content (AvgIpc) is 3.47. The summed E-state index contributed by atoms with van der Waals surface area (Å²) in [6.07, 6.45) is 2.99. The Bertz CT molecular complexity index is 1110. The van der Waals surface area contributed by atoms with Gasteiger partial charge in [0, 0.05) is 43.3 Å². The summed E-state index contributed by atoms with van der Waals surface area (Å²) in [4.78, 5) is 30.5. The second kappa shape index (κ2) is 9.25. The normalized spacial score (nSPS) is 22.4. The molecule has 3 aliphatic rings. The maximum absolute atomic E-state index is 15.1. The smallest absolute Gasteiger partial charge is 0.258 e. The van der Waals surface area contributed by atoms with Crippen LogP contribution in [0.3, 0.4) is 0 Å². The van der Waals surface area contributed by atoms with Crippen LogP contribution in [0.15, 0.2) is 36.4 Å². The highest BCUT2D eigenvalue weighted by atomic mass is 19.1. The van der Waals surface area contributed by atoms with Crippen LogP contribution in [0.25, 0.3) is 0 Å². The largest absolute Gasteiger partial charge is 0.491 e. The minimum absolute atomic E-state index is 0.0350. The molecule has 0 radical (unpaired) electrons. The van der Waals surface area contributed by atoms with Crippen LogP contribution in [0.1, 0.15) is 35.2 Å². The minimum Gasteiger partial charge on any atom is -0.491 e. The van der Waals surface area contributed by atoms with Gasteiger partial charge in [0.1, 0.15) is 18.2 Å². The van der Waals surface area contributed by atoms with Crippen molar-refractivity contribution in [2.24, 2.45) is 0 Å². The van der Waals surface area contributed by atoms with Crippen LogP contribution < -0.4 is 19.9 Å². The lowest BCUT2D eigenvalue weighted by molar-refractivity contribution is -0.119. The maximum Gasteiger partial charge on any atom is 0.258 e. The molecular weight excluding hydrogens is 435 g/mol. The maximum atomic E-state index is 15.1. The zero-order valence-electron chi connectivity index (χ0n) is 19.7. The molecule has 180 valence electrons. The van der Waals surface area contributed by atoms with Gasteiger partial charge in [-0.15, -0.1) is 0 Å². The summed E-state index contributed by atoms with van der Waals surface area (Å²) in [5.74, 6) is 0.334.